The van der Waals surface area contributed by atoms with Gasteiger partial charge in [-0.25, -0.2) is 8.42 Å². The number of carbonyl (C=O) groups excluding carboxylic acids is 1. The topological polar surface area (TPSA) is 63.2 Å². The number of rotatable bonds is 7. The van der Waals surface area contributed by atoms with Gasteiger partial charge >= 0.3 is 0 Å². The highest BCUT2D eigenvalue weighted by molar-refractivity contribution is 7.91. The Labute approximate surface area is 166 Å². The maximum Gasteiger partial charge on any atom is 0.225 e. The van der Waals surface area contributed by atoms with Crippen LogP contribution >= 0.6 is 11.6 Å². The van der Waals surface area contributed by atoms with Crippen LogP contribution in [-0.2, 0) is 14.6 Å². The van der Waals surface area contributed by atoms with Gasteiger partial charge in [0.05, 0.1) is 15.7 Å². The summed E-state index contributed by atoms with van der Waals surface area (Å²) in [6.45, 7) is 8.27. The van der Waals surface area contributed by atoms with Crippen molar-refractivity contribution in [1.82, 2.24) is 0 Å². The highest BCUT2D eigenvalue weighted by Gasteiger charge is 2.21. The lowest BCUT2D eigenvalue weighted by Crippen LogP contribution is -2.19. The monoisotopic (exact) mass is 407 g/mol. The Hall–Kier alpha value is -1.85. The van der Waals surface area contributed by atoms with E-state index in [0.717, 1.165) is 16.8 Å². The third-order valence-electron chi connectivity index (χ3n) is 4.41. The normalized spacial score (nSPS) is 11.8. The summed E-state index contributed by atoms with van der Waals surface area (Å²) in [6, 6.07) is 12.3. The summed E-state index contributed by atoms with van der Waals surface area (Å²) in [6.07, 6.45) is -0.127. The Morgan fingerprint density at radius 3 is 2.04 bits per heavy atom. The maximum absolute atomic E-state index is 12.5. The molecule has 4 nitrogen and oxygen atoms in total. The summed E-state index contributed by atoms with van der Waals surface area (Å²) in [7, 11) is -3.62. The second-order valence-electron chi connectivity index (χ2n) is 7.17. The minimum absolute atomic E-state index is 0.0601. The summed E-state index contributed by atoms with van der Waals surface area (Å²) in [5, 5.41) is 3.12. The molecule has 2 aromatic rings. The smallest absolute Gasteiger partial charge is 0.225 e. The molecule has 6 heteroatoms. The zero-order chi connectivity index (χ0) is 20.2. The molecule has 0 aromatic heterocycles. The molecule has 0 saturated carbocycles. The molecule has 2 aromatic carbocycles. The number of nitrogens with one attached hydrogen (secondary N) is 1. The molecule has 0 heterocycles. The Morgan fingerprint density at radius 1 is 0.963 bits per heavy atom. The Kier molecular flexibility index (Phi) is 7.06. The molecule has 2 rings (SSSR count). The van der Waals surface area contributed by atoms with Crippen molar-refractivity contribution in [3.63, 3.8) is 0 Å². The van der Waals surface area contributed by atoms with Crippen LogP contribution in [0.5, 0.6) is 0 Å². The molecule has 27 heavy (non-hydrogen) atoms. The zero-order valence-corrected chi connectivity index (χ0v) is 17.7. The minimum Gasteiger partial charge on any atom is -0.326 e. The minimum atomic E-state index is -3.62. The second-order valence-corrected chi connectivity index (χ2v) is 9.65. The van der Waals surface area contributed by atoms with Crippen LogP contribution in [0.4, 0.5) is 5.69 Å². The van der Waals surface area contributed by atoms with Gasteiger partial charge in [0.15, 0.2) is 9.84 Å². The molecule has 0 aliphatic carbocycles. The lowest BCUT2D eigenvalue weighted by molar-refractivity contribution is -0.115. The van der Waals surface area contributed by atoms with E-state index in [1.807, 2.05) is 18.2 Å². The number of halogens is 1. The van der Waals surface area contributed by atoms with Gasteiger partial charge in [-0.3, -0.25) is 4.79 Å². The fourth-order valence-electron chi connectivity index (χ4n) is 2.93. The molecule has 1 amide bonds. The Bertz CT molecular complexity index is 895. The first kappa shape index (κ1) is 21.5. The fourth-order valence-corrected chi connectivity index (χ4v) is 4.74. The number of anilines is 1. The summed E-state index contributed by atoms with van der Waals surface area (Å²) < 4.78 is 25.0. The molecule has 0 saturated heterocycles. The molecular weight excluding hydrogens is 382 g/mol. The first-order chi connectivity index (χ1) is 12.6. The number of amides is 1. The fraction of sp³-hybridized carbons (Fsp3) is 0.381. The van der Waals surface area contributed by atoms with Gasteiger partial charge in [0.1, 0.15) is 0 Å². The van der Waals surface area contributed by atoms with E-state index in [4.69, 9.17) is 11.6 Å². The van der Waals surface area contributed by atoms with Crippen LogP contribution in [0.2, 0.25) is 5.02 Å². The van der Waals surface area contributed by atoms with E-state index in [0.29, 0.717) is 0 Å². The van der Waals surface area contributed by atoms with E-state index in [-0.39, 0.29) is 39.8 Å². The summed E-state index contributed by atoms with van der Waals surface area (Å²) in [4.78, 5) is 12.6. The lowest BCUT2D eigenvalue weighted by Gasteiger charge is -2.20. The highest BCUT2D eigenvalue weighted by atomic mass is 35.5. The van der Waals surface area contributed by atoms with Crippen molar-refractivity contribution in [2.24, 2.45) is 0 Å². The van der Waals surface area contributed by atoms with Gasteiger partial charge in [-0.2, -0.15) is 0 Å². The molecule has 146 valence electrons. The van der Waals surface area contributed by atoms with Gasteiger partial charge in [0.25, 0.3) is 0 Å². The van der Waals surface area contributed by atoms with Gasteiger partial charge in [-0.05, 0) is 35.1 Å². The molecule has 0 radical (unpaired) electrons. The maximum atomic E-state index is 12.5. The number of hydrogen-bond donors (Lipinski definition) is 1. The third-order valence-corrected chi connectivity index (χ3v) is 6.62. The Balaban J connectivity index is 2.18. The van der Waals surface area contributed by atoms with Crippen LogP contribution in [0.15, 0.2) is 47.4 Å². The molecule has 0 bridgehead atoms. The van der Waals surface area contributed by atoms with Gasteiger partial charge in [0, 0.05) is 12.1 Å². The van der Waals surface area contributed by atoms with Gasteiger partial charge in [0.2, 0.25) is 5.91 Å². The molecule has 0 aliphatic heterocycles. The number of benzene rings is 2. The average molecular weight is 408 g/mol. The number of carbonyl (C=O) groups is 1. The van der Waals surface area contributed by atoms with Crippen molar-refractivity contribution in [2.75, 3.05) is 11.1 Å². The molecule has 0 atom stereocenters. The first-order valence-corrected chi connectivity index (χ1v) is 11.1. The van der Waals surface area contributed by atoms with Crippen molar-refractivity contribution in [1.29, 1.82) is 0 Å². The van der Waals surface area contributed by atoms with E-state index in [2.05, 4.69) is 33.0 Å². The van der Waals surface area contributed by atoms with Gasteiger partial charge in [-0.15, -0.1) is 0 Å². The molecule has 0 unspecified atom stereocenters. The molecular formula is C21H26ClNO3S. The van der Waals surface area contributed by atoms with Crippen molar-refractivity contribution in [2.45, 2.75) is 50.8 Å². The highest BCUT2D eigenvalue weighted by Crippen LogP contribution is 2.32. The van der Waals surface area contributed by atoms with Crippen molar-refractivity contribution >= 4 is 33.0 Å². The van der Waals surface area contributed by atoms with E-state index >= 15 is 0 Å². The first-order valence-electron chi connectivity index (χ1n) is 9.03. The molecule has 0 spiro atoms. The van der Waals surface area contributed by atoms with E-state index < -0.39 is 9.84 Å². The van der Waals surface area contributed by atoms with Gasteiger partial charge in [-0.1, -0.05) is 69.6 Å². The van der Waals surface area contributed by atoms with Crippen LogP contribution in [0.25, 0.3) is 0 Å². The standard InChI is InChI=1S/C21H26ClNO3S/c1-14(2)16-8-7-9-17(15(3)4)21(16)23-20(24)12-13-27(25,26)19-11-6-5-10-18(19)22/h5-11,14-15H,12-13H2,1-4H3,(H,23,24). The summed E-state index contributed by atoms with van der Waals surface area (Å²) in [5.41, 5.74) is 2.88. The van der Waals surface area contributed by atoms with Crippen LogP contribution < -0.4 is 5.32 Å². The largest absolute Gasteiger partial charge is 0.326 e. The average Bonchev–Trinajstić information content (AvgIpc) is 2.60. The summed E-state index contributed by atoms with van der Waals surface area (Å²) in [5.74, 6) is -0.124. The van der Waals surface area contributed by atoms with Crippen LogP contribution in [0.1, 0.15) is 57.1 Å². The van der Waals surface area contributed by atoms with Gasteiger partial charge < -0.3 is 5.32 Å². The Morgan fingerprint density at radius 2 is 1.52 bits per heavy atom. The van der Waals surface area contributed by atoms with Crippen molar-refractivity contribution < 1.29 is 13.2 Å². The third kappa shape index (κ3) is 5.33. The van der Waals surface area contributed by atoms with Crippen molar-refractivity contribution in [3.8, 4) is 0 Å². The number of sulfone groups is 1. The van der Waals surface area contributed by atoms with Crippen LogP contribution in [-0.4, -0.2) is 20.1 Å². The number of hydrogen-bond acceptors (Lipinski definition) is 3. The van der Waals surface area contributed by atoms with Crippen molar-refractivity contribution in [3.05, 3.63) is 58.6 Å². The predicted octanol–water partition coefficient (Wildman–Crippen LogP) is 5.39. The second kappa shape index (κ2) is 8.89. The van der Waals surface area contributed by atoms with E-state index in [1.165, 1.54) is 12.1 Å². The van der Waals surface area contributed by atoms with E-state index in [9.17, 15) is 13.2 Å². The zero-order valence-electron chi connectivity index (χ0n) is 16.1. The predicted molar refractivity (Wildman–Crippen MR) is 111 cm³/mol. The molecule has 1 N–H and O–H groups in total. The number of para-hydroxylation sites is 1. The SMILES string of the molecule is CC(C)c1cccc(C(C)C)c1NC(=O)CCS(=O)(=O)c1ccccc1Cl. The van der Waals surface area contributed by atoms with Crippen LogP contribution in [0.3, 0.4) is 0 Å². The molecule has 0 fully saturated rings. The van der Waals surface area contributed by atoms with E-state index in [1.54, 1.807) is 12.1 Å². The lowest BCUT2D eigenvalue weighted by atomic mass is 9.92. The quantitative estimate of drug-likeness (QED) is 0.669. The van der Waals surface area contributed by atoms with Crippen LogP contribution in [0, 0.1) is 0 Å². The molecule has 0 aliphatic rings. The summed E-state index contributed by atoms with van der Waals surface area (Å²) >= 11 is 5.99.